The summed E-state index contributed by atoms with van der Waals surface area (Å²) in [5, 5.41) is 15.8. The maximum atomic E-state index is 10.7. The molecule has 5 aromatic rings. The van der Waals surface area contributed by atoms with Gasteiger partial charge in [0.25, 0.3) is 0 Å². The number of aryl methyl sites for hydroxylation is 2. The van der Waals surface area contributed by atoms with E-state index in [1.807, 2.05) is 44.7 Å². The average Bonchev–Trinajstić information content (AvgIpc) is 3.39. The molecule has 1 atom stereocenters. The van der Waals surface area contributed by atoms with Crippen LogP contribution in [0.4, 0.5) is 5.95 Å². The van der Waals surface area contributed by atoms with Crippen LogP contribution in [0.3, 0.4) is 0 Å². The molecule has 4 N–H and O–H groups in total. The molecule has 0 aromatic carbocycles. The Labute approximate surface area is 184 Å². The lowest BCUT2D eigenvalue weighted by Crippen LogP contribution is -2.07. The van der Waals surface area contributed by atoms with E-state index in [1.165, 1.54) is 0 Å². The Kier molecular flexibility index (Phi) is 4.87. The normalized spacial score (nSPS) is 12.3. The van der Waals surface area contributed by atoms with Gasteiger partial charge < -0.3 is 15.8 Å². The van der Waals surface area contributed by atoms with Crippen molar-refractivity contribution in [1.29, 1.82) is 0 Å². The van der Waals surface area contributed by atoms with E-state index in [0.717, 1.165) is 39.0 Å². The van der Waals surface area contributed by atoms with Crippen LogP contribution in [0.5, 0.6) is 0 Å². The third kappa shape index (κ3) is 3.81. The Hall–Kier alpha value is -4.11. The molecule has 32 heavy (non-hydrogen) atoms. The topological polar surface area (TPSA) is 131 Å². The minimum absolute atomic E-state index is 0.154. The maximum absolute atomic E-state index is 10.7. The lowest BCUT2D eigenvalue weighted by molar-refractivity contribution is 0.177. The molecule has 0 saturated heterocycles. The van der Waals surface area contributed by atoms with Gasteiger partial charge in [0.15, 0.2) is 0 Å². The van der Waals surface area contributed by atoms with Gasteiger partial charge in [-0.2, -0.15) is 5.10 Å². The Morgan fingerprint density at radius 1 is 1.12 bits per heavy atom. The van der Waals surface area contributed by atoms with E-state index in [-0.39, 0.29) is 5.95 Å². The molecular weight excluding hydrogens is 404 g/mol. The number of nitrogens with zero attached hydrogens (tertiary/aromatic N) is 6. The van der Waals surface area contributed by atoms with Crippen LogP contribution in [0.25, 0.3) is 33.4 Å². The van der Waals surface area contributed by atoms with Crippen molar-refractivity contribution in [1.82, 2.24) is 34.7 Å². The lowest BCUT2D eigenvalue weighted by atomic mass is 10.0. The number of nitrogens with two attached hydrogens (primary N) is 1. The van der Waals surface area contributed by atoms with Crippen molar-refractivity contribution in [3.63, 3.8) is 0 Å². The first-order valence-electron chi connectivity index (χ1n) is 10.2. The number of rotatable bonds is 5. The number of anilines is 1. The van der Waals surface area contributed by atoms with Crippen LogP contribution >= 0.6 is 0 Å². The smallest absolute Gasteiger partial charge is 0.220 e. The predicted molar refractivity (Wildman–Crippen MR) is 121 cm³/mol. The molecule has 1 unspecified atom stereocenters. The Morgan fingerprint density at radius 3 is 2.78 bits per heavy atom. The van der Waals surface area contributed by atoms with Gasteiger partial charge in [-0.05, 0) is 36.8 Å². The zero-order valence-corrected chi connectivity index (χ0v) is 17.7. The summed E-state index contributed by atoms with van der Waals surface area (Å²) in [4.78, 5) is 20.7. The molecule has 5 aromatic heterocycles. The summed E-state index contributed by atoms with van der Waals surface area (Å²) in [6.45, 7) is 1.89. The Morgan fingerprint density at radius 2 is 2.00 bits per heavy atom. The number of nitrogens with one attached hydrogen (secondary N) is 1. The number of aromatic nitrogens is 7. The number of aliphatic hydroxyl groups excluding tert-OH is 1. The standard InChI is InChI=1S/C23H22N8O/c1-13-5-14(3-4-25-13)21(32)8-17-7-20(30-23(24)29-17)19-11-27-22-18(19)6-15(9-26-22)16-10-28-31(2)12-16/h3-7,9-12,21,32H,8H2,1-2H3,(H,26,27)(H2,24,29,30). The summed E-state index contributed by atoms with van der Waals surface area (Å²) in [6.07, 6.45) is 8.69. The first kappa shape index (κ1) is 19.8. The monoisotopic (exact) mass is 426 g/mol. The summed E-state index contributed by atoms with van der Waals surface area (Å²) in [7, 11) is 1.88. The lowest BCUT2D eigenvalue weighted by Gasteiger charge is -2.12. The van der Waals surface area contributed by atoms with Gasteiger partial charge in [0.1, 0.15) is 5.65 Å². The number of pyridine rings is 2. The summed E-state index contributed by atoms with van der Waals surface area (Å²) in [5.41, 5.74) is 12.5. The molecule has 0 aliphatic carbocycles. The van der Waals surface area contributed by atoms with E-state index in [4.69, 9.17) is 5.73 Å². The first-order chi connectivity index (χ1) is 15.5. The Bertz CT molecular complexity index is 1420. The van der Waals surface area contributed by atoms with Gasteiger partial charge in [0.05, 0.1) is 18.0 Å². The zero-order valence-electron chi connectivity index (χ0n) is 17.7. The highest BCUT2D eigenvalue weighted by Gasteiger charge is 2.15. The molecule has 5 heterocycles. The highest BCUT2D eigenvalue weighted by Crippen LogP contribution is 2.31. The van der Waals surface area contributed by atoms with Crippen molar-refractivity contribution in [3.8, 4) is 22.4 Å². The van der Waals surface area contributed by atoms with Crippen LogP contribution in [0.2, 0.25) is 0 Å². The van der Waals surface area contributed by atoms with Gasteiger partial charge in [0, 0.05) is 71.7 Å². The van der Waals surface area contributed by atoms with Gasteiger partial charge in [-0.25, -0.2) is 15.0 Å². The second-order valence-corrected chi connectivity index (χ2v) is 7.78. The minimum Gasteiger partial charge on any atom is -0.388 e. The number of nitrogen functional groups attached to an aromatic ring is 1. The molecule has 160 valence electrons. The van der Waals surface area contributed by atoms with E-state index in [0.29, 0.717) is 17.8 Å². The van der Waals surface area contributed by atoms with Crippen LogP contribution in [0.1, 0.15) is 23.1 Å². The number of aliphatic hydroxyl groups is 1. The van der Waals surface area contributed by atoms with E-state index in [1.54, 1.807) is 23.1 Å². The quantitative estimate of drug-likeness (QED) is 0.394. The third-order valence-corrected chi connectivity index (χ3v) is 5.35. The van der Waals surface area contributed by atoms with E-state index in [9.17, 15) is 5.11 Å². The average molecular weight is 426 g/mol. The SMILES string of the molecule is Cc1cc(C(O)Cc2cc(-c3c[nH]c4ncc(-c5cnn(C)c5)cc34)nc(N)n2)ccn1. The number of hydrogen-bond acceptors (Lipinski definition) is 7. The van der Waals surface area contributed by atoms with Crippen LogP contribution in [-0.4, -0.2) is 39.8 Å². The highest BCUT2D eigenvalue weighted by atomic mass is 16.3. The molecule has 5 rings (SSSR count). The van der Waals surface area contributed by atoms with Gasteiger partial charge in [-0.15, -0.1) is 0 Å². The zero-order chi connectivity index (χ0) is 22.2. The number of fused-ring (bicyclic) bond motifs is 1. The predicted octanol–water partition coefficient (Wildman–Crippen LogP) is 2.98. The maximum Gasteiger partial charge on any atom is 0.220 e. The molecule has 0 spiro atoms. The highest BCUT2D eigenvalue weighted by molar-refractivity contribution is 5.95. The number of hydrogen-bond donors (Lipinski definition) is 3. The van der Waals surface area contributed by atoms with Crippen molar-refractivity contribution >= 4 is 17.0 Å². The summed E-state index contributed by atoms with van der Waals surface area (Å²) in [6, 6.07) is 7.57. The summed E-state index contributed by atoms with van der Waals surface area (Å²) in [5.74, 6) is 0.154. The molecule has 0 aliphatic heterocycles. The van der Waals surface area contributed by atoms with Crippen molar-refractivity contribution in [2.24, 2.45) is 7.05 Å². The van der Waals surface area contributed by atoms with Crippen molar-refractivity contribution in [3.05, 3.63) is 72.2 Å². The second-order valence-electron chi connectivity index (χ2n) is 7.78. The molecule has 0 bridgehead atoms. The number of aromatic amines is 1. The van der Waals surface area contributed by atoms with Crippen LogP contribution in [0.15, 0.2) is 55.2 Å². The molecule has 0 radical (unpaired) electrons. The third-order valence-electron chi connectivity index (χ3n) is 5.35. The molecule has 0 aliphatic rings. The van der Waals surface area contributed by atoms with Crippen molar-refractivity contribution in [2.45, 2.75) is 19.4 Å². The minimum atomic E-state index is -0.722. The fourth-order valence-corrected chi connectivity index (χ4v) is 3.79. The first-order valence-corrected chi connectivity index (χ1v) is 10.2. The number of H-pyrrole nitrogens is 1. The van der Waals surface area contributed by atoms with Crippen molar-refractivity contribution < 1.29 is 5.11 Å². The van der Waals surface area contributed by atoms with Gasteiger partial charge in [0.2, 0.25) is 5.95 Å². The molecule has 0 amide bonds. The summed E-state index contributed by atoms with van der Waals surface area (Å²) >= 11 is 0. The Balaban J connectivity index is 1.51. The molecule has 0 saturated carbocycles. The van der Waals surface area contributed by atoms with Crippen LogP contribution in [0, 0.1) is 6.92 Å². The van der Waals surface area contributed by atoms with Gasteiger partial charge in [-0.1, -0.05) is 0 Å². The fraction of sp³-hybridized carbons (Fsp3) is 0.174. The molecular formula is C23H22N8O. The van der Waals surface area contributed by atoms with Gasteiger partial charge in [-0.3, -0.25) is 9.67 Å². The molecule has 9 heteroatoms. The van der Waals surface area contributed by atoms with Crippen LogP contribution < -0.4 is 5.73 Å². The molecule has 9 nitrogen and oxygen atoms in total. The fourth-order valence-electron chi connectivity index (χ4n) is 3.79. The van der Waals surface area contributed by atoms with Crippen LogP contribution in [-0.2, 0) is 13.5 Å². The molecule has 0 fully saturated rings. The van der Waals surface area contributed by atoms with Crippen molar-refractivity contribution in [2.75, 3.05) is 5.73 Å². The van der Waals surface area contributed by atoms with E-state index in [2.05, 4.69) is 36.1 Å². The van der Waals surface area contributed by atoms with Gasteiger partial charge >= 0.3 is 0 Å². The second kappa shape index (κ2) is 7.86. The van der Waals surface area contributed by atoms with E-state index < -0.39 is 6.10 Å². The van der Waals surface area contributed by atoms with E-state index >= 15 is 0 Å². The summed E-state index contributed by atoms with van der Waals surface area (Å²) < 4.78 is 1.75. The largest absolute Gasteiger partial charge is 0.388 e.